The Morgan fingerprint density at radius 1 is 1.24 bits per heavy atom. The molecule has 10 heteroatoms. The maximum atomic E-state index is 13.0. The molecule has 0 aliphatic heterocycles. The van der Waals surface area contributed by atoms with Crippen molar-refractivity contribution in [2.24, 2.45) is 7.05 Å². The van der Waals surface area contributed by atoms with Gasteiger partial charge in [0.25, 0.3) is 0 Å². The number of hydrogen-bond donors (Lipinski definition) is 2. The number of aryl methyl sites for hydroxylation is 1. The van der Waals surface area contributed by atoms with Crippen LogP contribution in [0.5, 0.6) is 0 Å². The van der Waals surface area contributed by atoms with Gasteiger partial charge in [-0.2, -0.15) is 0 Å². The Labute approximate surface area is 148 Å². The average Bonchev–Trinajstić information content (AvgIpc) is 2.97. The normalized spacial score (nSPS) is 10.5. The highest BCUT2D eigenvalue weighted by atomic mass is 32.2. The quantitative estimate of drug-likeness (QED) is 0.489. The lowest BCUT2D eigenvalue weighted by Crippen LogP contribution is -2.35. The standard InChI is InChI=1S/C15H19FN6O2S/c1-22-15(19-20-21-22)25-8-5-13(23)17-6-7-18-14(24)10-11-3-2-4-12(16)9-11/h2-4,9H,5-8,10H2,1H3,(H,17,23)(H,18,24). The molecule has 0 saturated heterocycles. The van der Waals surface area contributed by atoms with Gasteiger partial charge in [0.05, 0.1) is 6.42 Å². The highest BCUT2D eigenvalue weighted by Gasteiger charge is 2.07. The second-order valence-corrected chi connectivity index (χ2v) is 6.25. The Morgan fingerprint density at radius 2 is 2.00 bits per heavy atom. The number of aromatic nitrogens is 4. The average molecular weight is 366 g/mol. The Kier molecular flexibility index (Phi) is 7.33. The van der Waals surface area contributed by atoms with Gasteiger partial charge in [0, 0.05) is 32.3 Å². The molecule has 0 atom stereocenters. The molecule has 2 amide bonds. The van der Waals surface area contributed by atoms with Gasteiger partial charge in [-0.3, -0.25) is 9.59 Å². The molecular formula is C15H19FN6O2S. The molecule has 0 aliphatic rings. The van der Waals surface area contributed by atoms with Crippen molar-refractivity contribution in [3.05, 3.63) is 35.6 Å². The van der Waals surface area contributed by atoms with E-state index in [4.69, 9.17) is 0 Å². The fourth-order valence-corrected chi connectivity index (χ4v) is 2.75. The van der Waals surface area contributed by atoms with Gasteiger partial charge in [0.1, 0.15) is 5.82 Å². The molecule has 134 valence electrons. The van der Waals surface area contributed by atoms with Crippen LogP contribution in [0.15, 0.2) is 29.4 Å². The third kappa shape index (κ3) is 6.87. The van der Waals surface area contributed by atoms with Crippen LogP contribution in [0, 0.1) is 5.82 Å². The predicted octanol–water partition coefficient (Wildman–Crippen LogP) is 0.306. The number of rotatable bonds is 9. The number of tetrazole rings is 1. The van der Waals surface area contributed by atoms with Crippen LogP contribution >= 0.6 is 11.8 Å². The number of nitrogens with one attached hydrogen (secondary N) is 2. The minimum absolute atomic E-state index is 0.105. The topological polar surface area (TPSA) is 102 Å². The molecule has 8 nitrogen and oxygen atoms in total. The van der Waals surface area contributed by atoms with Crippen molar-refractivity contribution in [3.8, 4) is 0 Å². The molecule has 0 fully saturated rings. The summed E-state index contributed by atoms with van der Waals surface area (Å²) >= 11 is 1.39. The van der Waals surface area contributed by atoms with Gasteiger partial charge in [0.15, 0.2) is 0 Å². The first-order valence-corrected chi connectivity index (χ1v) is 8.66. The lowest BCUT2D eigenvalue weighted by Gasteiger charge is -2.07. The summed E-state index contributed by atoms with van der Waals surface area (Å²) in [7, 11) is 1.73. The highest BCUT2D eigenvalue weighted by molar-refractivity contribution is 7.99. The summed E-state index contributed by atoms with van der Waals surface area (Å²) in [5.74, 6) is -0.133. The number of benzene rings is 1. The number of thioether (sulfide) groups is 1. The molecule has 0 unspecified atom stereocenters. The minimum atomic E-state index is -0.368. The molecule has 1 aromatic heterocycles. The smallest absolute Gasteiger partial charge is 0.224 e. The van der Waals surface area contributed by atoms with E-state index in [1.54, 1.807) is 19.2 Å². The molecule has 0 aliphatic carbocycles. The first-order valence-electron chi connectivity index (χ1n) is 7.67. The molecule has 2 aromatic rings. The van der Waals surface area contributed by atoms with Gasteiger partial charge in [-0.15, -0.1) is 5.10 Å². The third-order valence-corrected chi connectivity index (χ3v) is 4.18. The van der Waals surface area contributed by atoms with Crippen LogP contribution < -0.4 is 10.6 Å². The number of nitrogens with zero attached hydrogens (tertiary/aromatic N) is 4. The number of halogens is 1. The monoisotopic (exact) mass is 366 g/mol. The minimum Gasteiger partial charge on any atom is -0.354 e. The van der Waals surface area contributed by atoms with Gasteiger partial charge in [-0.25, -0.2) is 9.07 Å². The number of hydrogen-bond acceptors (Lipinski definition) is 6. The highest BCUT2D eigenvalue weighted by Crippen LogP contribution is 2.12. The Morgan fingerprint density at radius 3 is 2.68 bits per heavy atom. The number of amides is 2. The van der Waals surface area contributed by atoms with E-state index in [1.165, 1.54) is 28.6 Å². The van der Waals surface area contributed by atoms with Crippen molar-refractivity contribution in [2.45, 2.75) is 18.0 Å². The maximum Gasteiger partial charge on any atom is 0.224 e. The van der Waals surface area contributed by atoms with Crippen molar-refractivity contribution in [3.63, 3.8) is 0 Å². The summed E-state index contributed by atoms with van der Waals surface area (Å²) in [5.41, 5.74) is 0.608. The van der Waals surface area contributed by atoms with E-state index in [2.05, 4.69) is 26.2 Å². The molecule has 25 heavy (non-hydrogen) atoms. The zero-order chi connectivity index (χ0) is 18.1. The zero-order valence-corrected chi connectivity index (χ0v) is 14.6. The summed E-state index contributed by atoms with van der Waals surface area (Å²) in [6.07, 6.45) is 0.433. The summed E-state index contributed by atoms with van der Waals surface area (Å²) in [6, 6.07) is 5.91. The van der Waals surface area contributed by atoms with Crippen molar-refractivity contribution in [1.29, 1.82) is 0 Å². The molecular weight excluding hydrogens is 347 g/mol. The first-order chi connectivity index (χ1) is 12.0. The van der Waals surface area contributed by atoms with E-state index >= 15 is 0 Å². The van der Waals surface area contributed by atoms with Gasteiger partial charge < -0.3 is 10.6 Å². The summed E-state index contributed by atoms with van der Waals surface area (Å²) in [4.78, 5) is 23.4. The molecule has 2 N–H and O–H groups in total. The molecule has 2 rings (SSSR count). The number of carbonyl (C=O) groups is 2. The second kappa shape index (κ2) is 9.72. The van der Waals surface area contributed by atoms with E-state index < -0.39 is 0 Å². The van der Waals surface area contributed by atoms with Gasteiger partial charge in [-0.1, -0.05) is 23.9 Å². The molecule has 1 aromatic carbocycles. The van der Waals surface area contributed by atoms with Crippen LogP contribution in [-0.4, -0.2) is 50.9 Å². The summed E-state index contributed by atoms with van der Waals surface area (Å²) in [6.45, 7) is 0.657. The van der Waals surface area contributed by atoms with Crippen LogP contribution in [-0.2, 0) is 23.1 Å². The molecule has 0 radical (unpaired) electrons. The Hall–Kier alpha value is -2.49. The zero-order valence-electron chi connectivity index (χ0n) is 13.7. The summed E-state index contributed by atoms with van der Waals surface area (Å²) < 4.78 is 14.6. The van der Waals surface area contributed by atoms with Crippen LogP contribution in [0.2, 0.25) is 0 Å². The van der Waals surface area contributed by atoms with E-state index in [1.807, 2.05) is 0 Å². The van der Waals surface area contributed by atoms with Crippen molar-refractivity contribution < 1.29 is 14.0 Å². The Bertz CT molecular complexity index is 724. The van der Waals surface area contributed by atoms with Crippen molar-refractivity contribution in [2.75, 3.05) is 18.8 Å². The Balaban J connectivity index is 1.55. The van der Waals surface area contributed by atoms with Gasteiger partial charge >= 0.3 is 0 Å². The van der Waals surface area contributed by atoms with Crippen molar-refractivity contribution >= 4 is 23.6 Å². The molecule has 1 heterocycles. The second-order valence-electron chi connectivity index (χ2n) is 5.19. The van der Waals surface area contributed by atoms with Crippen LogP contribution in [0.1, 0.15) is 12.0 Å². The first kappa shape index (κ1) is 18.8. The van der Waals surface area contributed by atoms with E-state index in [9.17, 15) is 14.0 Å². The lowest BCUT2D eigenvalue weighted by molar-refractivity contribution is -0.122. The van der Waals surface area contributed by atoms with Crippen LogP contribution in [0.3, 0.4) is 0 Å². The van der Waals surface area contributed by atoms with E-state index in [0.717, 1.165) is 0 Å². The summed E-state index contributed by atoms with van der Waals surface area (Å²) in [5, 5.41) is 17.1. The fraction of sp³-hybridized carbons (Fsp3) is 0.400. The third-order valence-electron chi connectivity index (χ3n) is 3.16. The van der Waals surface area contributed by atoms with Crippen LogP contribution in [0.4, 0.5) is 4.39 Å². The van der Waals surface area contributed by atoms with Crippen molar-refractivity contribution in [1.82, 2.24) is 30.8 Å². The number of carbonyl (C=O) groups excluding carboxylic acids is 2. The SMILES string of the molecule is Cn1nnnc1SCCC(=O)NCCNC(=O)Cc1cccc(F)c1. The fourth-order valence-electron chi connectivity index (χ4n) is 1.97. The lowest BCUT2D eigenvalue weighted by atomic mass is 10.1. The predicted molar refractivity (Wildman–Crippen MR) is 90.3 cm³/mol. The van der Waals surface area contributed by atoms with E-state index in [-0.39, 0.29) is 24.1 Å². The van der Waals surface area contributed by atoms with Gasteiger partial charge in [-0.05, 0) is 28.1 Å². The van der Waals surface area contributed by atoms with Crippen LogP contribution in [0.25, 0.3) is 0 Å². The molecule has 0 spiro atoms. The van der Waals surface area contributed by atoms with E-state index in [0.29, 0.717) is 36.0 Å². The molecule has 0 bridgehead atoms. The van der Waals surface area contributed by atoms with Gasteiger partial charge in [0.2, 0.25) is 17.0 Å². The largest absolute Gasteiger partial charge is 0.354 e. The molecule has 0 saturated carbocycles. The maximum absolute atomic E-state index is 13.0.